The van der Waals surface area contributed by atoms with Crippen molar-refractivity contribution in [2.75, 3.05) is 19.2 Å². The van der Waals surface area contributed by atoms with Gasteiger partial charge in [0, 0.05) is 18.0 Å². The molecule has 0 aliphatic carbocycles. The molecule has 17 heavy (non-hydrogen) atoms. The lowest BCUT2D eigenvalue weighted by Crippen LogP contribution is -2.09. The van der Waals surface area contributed by atoms with Gasteiger partial charge in [0.05, 0.1) is 12.2 Å². The summed E-state index contributed by atoms with van der Waals surface area (Å²) in [5.74, 6) is 1.20. The van der Waals surface area contributed by atoms with Crippen LogP contribution in [0, 0.1) is 6.92 Å². The number of aliphatic hydroxyl groups is 1. The molecule has 0 bridgehead atoms. The van der Waals surface area contributed by atoms with Gasteiger partial charge in [-0.15, -0.1) is 0 Å². The van der Waals surface area contributed by atoms with E-state index < -0.39 is 6.10 Å². The Labute approximate surface area is 109 Å². The van der Waals surface area contributed by atoms with Crippen molar-refractivity contribution in [3.63, 3.8) is 0 Å². The number of alkyl halides is 1. The fourth-order valence-electron chi connectivity index (χ4n) is 1.91. The van der Waals surface area contributed by atoms with E-state index in [4.69, 9.17) is 14.2 Å². The predicted molar refractivity (Wildman–Crippen MR) is 66.4 cm³/mol. The molecule has 1 N–H and O–H groups in total. The van der Waals surface area contributed by atoms with Crippen LogP contribution in [0.3, 0.4) is 0 Å². The summed E-state index contributed by atoms with van der Waals surface area (Å²) in [6.07, 6.45) is -1.03. The molecule has 1 radical (unpaired) electrons. The molecule has 1 aliphatic heterocycles. The summed E-state index contributed by atoms with van der Waals surface area (Å²) in [7, 11) is 1.62. The van der Waals surface area contributed by atoms with E-state index in [2.05, 4.69) is 22.9 Å². The second-order valence-corrected chi connectivity index (χ2v) is 4.34. The number of hydrogen-bond donors (Lipinski definition) is 1. The smallest absolute Gasteiger partial charge is 0.231 e. The molecule has 0 saturated carbocycles. The Bertz CT molecular complexity index is 402. The van der Waals surface area contributed by atoms with E-state index in [0.29, 0.717) is 22.4 Å². The van der Waals surface area contributed by atoms with Crippen LogP contribution in [0.1, 0.15) is 23.3 Å². The highest BCUT2D eigenvalue weighted by molar-refractivity contribution is 9.09. The molecule has 1 aliphatic rings. The van der Waals surface area contributed by atoms with Gasteiger partial charge in [-0.1, -0.05) is 22.0 Å². The van der Waals surface area contributed by atoms with Crippen LogP contribution >= 0.6 is 15.9 Å². The molecule has 5 heteroatoms. The zero-order valence-corrected chi connectivity index (χ0v) is 11.1. The van der Waals surface area contributed by atoms with Crippen molar-refractivity contribution in [1.82, 2.24) is 0 Å². The zero-order chi connectivity index (χ0) is 12.4. The van der Waals surface area contributed by atoms with Crippen LogP contribution < -0.4 is 9.47 Å². The van der Waals surface area contributed by atoms with Crippen LogP contribution in [0.4, 0.5) is 0 Å². The van der Waals surface area contributed by atoms with Gasteiger partial charge < -0.3 is 19.3 Å². The maximum Gasteiger partial charge on any atom is 0.231 e. The van der Waals surface area contributed by atoms with Gasteiger partial charge in [0.2, 0.25) is 6.79 Å². The standard InChI is InChI=1S/C12H14BrO4/c1-7(14)11-8(10(5-13)15-2)3-4-9-12(11)17-6-16-9/h3-4,7,10,14H,1,5-6H2,2H3. The summed E-state index contributed by atoms with van der Waals surface area (Å²) in [6.45, 7) is 3.82. The molecule has 0 amide bonds. The van der Waals surface area contributed by atoms with Gasteiger partial charge in [0.25, 0.3) is 0 Å². The fourth-order valence-corrected chi connectivity index (χ4v) is 2.52. The Hall–Kier alpha value is -0.780. The molecule has 2 atom stereocenters. The monoisotopic (exact) mass is 301 g/mol. The molecular weight excluding hydrogens is 288 g/mol. The van der Waals surface area contributed by atoms with E-state index in [0.717, 1.165) is 5.56 Å². The number of aliphatic hydroxyl groups excluding tert-OH is 1. The van der Waals surface area contributed by atoms with Crippen LogP contribution in [0.15, 0.2) is 12.1 Å². The minimum atomic E-state index is -0.877. The Morgan fingerprint density at radius 3 is 2.88 bits per heavy atom. The lowest BCUT2D eigenvalue weighted by molar-refractivity contribution is 0.119. The van der Waals surface area contributed by atoms with Crippen molar-refractivity contribution < 1.29 is 19.3 Å². The number of rotatable bonds is 4. The van der Waals surface area contributed by atoms with Gasteiger partial charge in [0.15, 0.2) is 11.5 Å². The number of halogens is 1. The van der Waals surface area contributed by atoms with Gasteiger partial charge >= 0.3 is 0 Å². The Morgan fingerprint density at radius 1 is 1.53 bits per heavy atom. The first-order valence-corrected chi connectivity index (χ1v) is 6.33. The van der Waals surface area contributed by atoms with Crippen molar-refractivity contribution in [2.45, 2.75) is 12.2 Å². The minimum Gasteiger partial charge on any atom is -0.454 e. The van der Waals surface area contributed by atoms with Crippen LogP contribution in [0.25, 0.3) is 0 Å². The number of methoxy groups -OCH3 is 1. The largest absolute Gasteiger partial charge is 0.454 e. The third-order valence-electron chi connectivity index (χ3n) is 2.72. The topological polar surface area (TPSA) is 47.9 Å². The van der Waals surface area contributed by atoms with Gasteiger partial charge in [-0.05, 0) is 18.6 Å². The lowest BCUT2D eigenvalue weighted by atomic mass is 9.98. The fraction of sp³-hybridized carbons (Fsp3) is 0.417. The third kappa shape index (κ3) is 2.27. The van der Waals surface area contributed by atoms with Crippen LogP contribution in [0.5, 0.6) is 11.5 Å². The SMILES string of the molecule is [CH2]C(O)c1c(C(CBr)OC)ccc2c1OCO2. The average Bonchev–Trinajstić information content (AvgIpc) is 2.77. The van der Waals surface area contributed by atoms with Crippen molar-refractivity contribution in [3.8, 4) is 11.5 Å². The van der Waals surface area contributed by atoms with Gasteiger partial charge in [-0.2, -0.15) is 0 Å². The minimum absolute atomic E-state index is 0.157. The van der Waals surface area contributed by atoms with Gasteiger partial charge in [-0.25, -0.2) is 0 Å². The first-order valence-electron chi connectivity index (χ1n) is 5.21. The molecule has 2 rings (SSSR count). The molecule has 1 heterocycles. The normalized spacial score (nSPS) is 16.9. The summed E-state index contributed by atoms with van der Waals surface area (Å²) in [5.41, 5.74) is 1.49. The molecule has 0 aromatic heterocycles. The maximum atomic E-state index is 9.79. The molecule has 1 aromatic rings. The Kier molecular flexibility index (Phi) is 3.91. The van der Waals surface area contributed by atoms with Crippen molar-refractivity contribution >= 4 is 15.9 Å². The molecule has 2 unspecified atom stereocenters. The first kappa shape index (κ1) is 12.7. The van der Waals surface area contributed by atoms with Gasteiger partial charge in [0.1, 0.15) is 0 Å². The molecule has 4 nitrogen and oxygen atoms in total. The van der Waals surface area contributed by atoms with E-state index in [1.54, 1.807) is 7.11 Å². The number of benzene rings is 1. The van der Waals surface area contributed by atoms with E-state index >= 15 is 0 Å². The van der Waals surface area contributed by atoms with Crippen molar-refractivity contribution in [1.29, 1.82) is 0 Å². The number of hydrogen-bond acceptors (Lipinski definition) is 4. The van der Waals surface area contributed by atoms with Crippen LogP contribution in [-0.4, -0.2) is 24.3 Å². The summed E-state index contributed by atoms with van der Waals surface area (Å²) in [6, 6.07) is 3.69. The zero-order valence-electron chi connectivity index (χ0n) is 9.48. The quantitative estimate of drug-likeness (QED) is 0.868. The first-order chi connectivity index (χ1) is 8.19. The molecule has 0 fully saturated rings. The highest BCUT2D eigenvalue weighted by Gasteiger charge is 2.26. The van der Waals surface area contributed by atoms with E-state index in [1.807, 2.05) is 12.1 Å². The lowest BCUT2D eigenvalue weighted by Gasteiger charge is -2.20. The molecule has 0 spiro atoms. The summed E-state index contributed by atoms with van der Waals surface area (Å²) in [5, 5.41) is 10.4. The Morgan fingerprint density at radius 2 is 2.29 bits per heavy atom. The van der Waals surface area contributed by atoms with Crippen molar-refractivity contribution in [3.05, 3.63) is 30.2 Å². The highest BCUT2D eigenvalue weighted by atomic mass is 79.9. The molecule has 1 aromatic carbocycles. The summed E-state index contributed by atoms with van der Waals surface area (Å²) >= 11 is 3.38. The second-order valence-electron chi connectivity index (χ2n) is 3.70. The van der Waals surface area contributed by atoms with E-state index in [9.17, 15) is 5.11 Å². The molecular formula is C12H14BrO4. The highest BCUT2D eigenvalue weighted by Crippen LogP contribution is 2.43. The second kappa shape index (κ2) is 5.25. The van der Waals surface area contributed by atoms with E-state index in [-0.39, 0.29) is 12.9 Å². The summed E-state index contributed by atoms with van der Waals surface area (Å²) < 4.78 is 16.0. The van der Waals surface area contributed by atoms with Gasteiger partial charge in [-0.3, -0.25) is 0 Å². The third-order valence-corrected chi connectivity index (χ3v) is 3.30. The van der Waals surface area contributed by atoms with Crippen LogP contribution in [-0.2, 0) is 4.74 Å². The van der Waals surface area contributed by atoms with Crippen molar-refractivity contribution in [2.24, 2.45) is 0 Å². The Balaban J connectivity index is 2.52. The maximum absolute atomic E-state index is 9.79. The number of ether oxygens (including phenoxy) is 3. The summed E-state index contributed by atoms with van der Waals surface area (Å²) in [4.78, 5) is 0. The van der Waals surface area contributed by atoms with Crippen LogP contribution in [0.2, 0.25) is 0 Å². The molecule has 93 valence electrons. The number of fused-ring (bicyclic) bond motifs is 1. The average molecular weight is 302 g/mol. The predicted octanol–water partition coefficient (Wildman–Crippen LogP) is 2.37. The van der Waals surface area contributed by atoms with E-state index in [1.165, 1.54) is 0 Å². The molecule has 0 saturated heterocycles.